The number of furan rings is 1. The molecular formula is C21H14INO2S2. The Labute approximate surface area is 180 Å². The SMILES string of the molecule is O=C1C(=Cc2coc(-c3ccc(I)cc3)c2)SC(=S)N1Cc1ccccc1. The van der Waals surface area contributed by atoms with Crippen molar-refractivity contribution in [2.45, 2.75) is 6.54 Å². The summed E-state index contributed by atoms with van der Waals surface area (Å²) >= 11 is 9.01. The van der Waals surface area contributed by atoms with Crippen LogP contribution in [0, 0.1) is 3.57 Å². The number of carbonyl (C=O) groups is 1. The summed E-state index contributed by atoms with van der Waals surface area (Å²) in [5, 5.41) is 0. The summed E-state index contributed by atoms with van der Waals surface area (Å²) in [6.45, 7) is 0.488. The van der Waals surface area contributed by atoms with Crippen molar-refractivity contribution >= 4 is 62.9 Å². The van der Waals surface area contributed by atoms with Crippen LogP contribution < -0.4 is 0 Å². The van der Waals surface area contributed by atoms with E-state index in [0.29, 0.717) is 15.8 Å². The molecule has 1 amide bonds. The Kier molecular flexibility index (Phi) is 5.47. The van der Waals surface area contributed by atoms with Crippen LogP contribution in [0.3, 0.4) is 0 Å². The molecule has 0 atom stereocenters. The van der Waals surface area contributed by atoms with Gasteiger partial charge < -0.3 is 4.42 Å². The number of amides is 1. The summed E-state index contributed by atoms with van der Waals surface area (Å²) in [5.41, 5.74) is 2.91. The molecule has 1 fully saturated rings. The van der Waals surface area contributed by atoms with Crippen molar-refractivity contribution in [2.75, 3.05) is 0 Å². The van der Waals surface area contributed by atoms with E-state index in [0.717, 1.165) is 22.5 Å². The molecule has 4 rings (SSSR count). The van der Waals surface area contributed by atoms with Gasteiger partial charge in [0.05, 0.1) is 17.7 Å². The summed E-state index contributed by atoms with van der Waals surface area (Å²) < 4.78 is 7.42. The Hall–Kier alpha value is -1.90. The summed E-state index contributed by atoms with van der Waals surface area (Å²) in [4.78, 5) is 15.0. The molecule has 3 nitrogen and oxygen atoms in total. The number of hydrogen-bond donors (Lipinski definition) is 0. The number of benzene rings is 2. The van der Waals surface area contributed by atoms with Crippen LogP contribution in [0.25, 0.3) is 17.4 Å². The van der Waals surface area contributed by atoms with Gasteiger partial charge in [0.1, 0.15) is 10.1 Å². The molecule has 3 aromatic rings. The van der Waals surface area contributed by atoms with Gasteiger partial charge in [0.2, 0.25) is 0 Å². The van der Waals surface area contributed by atoms with E-state index in [1.54, 1.807) is 11.2 Å². The highest BCUT2D eigenvalue weighted by Gasteiger charge is 2.32. The van der Waals surface area contributed by atoms with Crippen LogP contribution >= 0.6 is 46.6 Å². The van der Waals surface area contributed by atoms with Crippen molar-refractivity contribution in [3.63, 3.8) is 0 Å². The van der Waals surface area contributed by atoms with Crippen molar-refractivity contribution < 1.29 is 9.21 Å². The number of thioether (sulfide) groups is 1. The van der Waals surface area contributed by atoms with Crippen molar-refractivity contribution in [3.05, 3.63) is 86.5 Å². The lowest BCUT2D eigenvalue weighted by Gasteiger charge is -2.14. The quantitative estimate of drug-likeness (QED) is 0.250. The molecule has 0 spiro atoms. The maximum Gasteiger partial charge on any atom is 0.266 e. The molecule has 2 heterocycles. The average molecular weight is 503 g/mol. The van der Waals surface area contributed by atoms with Crippen LogP contribution in [0.15, 0.2) is 76.2 Å². The van der Waals surface area contributed by atoms with E-state index in [4.69, 9.17) is 16.6 Å². The van der Waals surface area contributed by atoms with Crippen LogP contribution in [-0.4, -0.2) is 15.1 Å². The van der Waals surface area contributed by atoms with Crippen molar-refractivity contribution in [2.24, 2.45) is 0 Å². The lowest BCUT2D eigenvalue weighted by atomic mass is 10.1. The fourth-order valence-corrected chi connectivity index (χ4v) is 4.36. The van der Waals surface area contributed by atoms with Gasteiger partial charge in [0, 0.05) is 14.7 Å². The summed E-state index contributed by atoms with van der Waals surface area (Å²) in [6.07, 6.45) is 3.50. The minimum absolute atomic E-state index is 0.0640. The molecule has 1 saturated heterocycles. The second-order valence-electron chi connectivity index (χ2n) is 6.00. The van der Waals surface area contributed by atoms with E-state index in [9.17, 15) is 4.79 Å². The van der Waals surface area contributed by atoms with Crippen LogP contribution in [0.4, 0.5) is 0 Å². The van der Waals surface area contributed by atoms with Crippen LogP contribution in [-0.2, 0) is 11.3 Å². The van der Waals surface area contributed by atoms with Crippen LogP contribution in [0.5, 0.6) is 0 Å². The summed E-state index contributed by atoms with van der Waals surface area (Å²) in [5.74, 6) is 0.711. The molecular weight excluding hydrogens is 489 g/mol. The molecule has 1 aromatic heterocycles. The number of rotatable bonds is 4. The van der Waals surface area contributed by atoms with Crippen LogP contribution in [0.1, 0.15) is 11.1 Å². The number of thiocarbonyl (C=S) groups is 1. The highest BCUT2D eigenvalue weighted by molar-refractivity contribution is 14.1. The zero-order valence-electron chi connectivity index (χ0n) is 14.1. The van der Waals surface area contributed by atoms with Gasteiger partial charge in [-0.2, -0.15) is 0 Å². The first-order valence-electron chi connectivity index (χ1n) is 8.24. The molecule has 0 bridgehead atoms. The van der Waals surface area contributed by atoms with E-state index in [2.05, 4.69) is 22.6 Å². The molecule has 2 aromatic carbocycles. The Bertz CT molecular complexity index is 1030. The van der Waals surface area contributed by atoms with Gasteiger partial charge in [0.25, 0.3) is 5.91 Å². The molecule has 134 valence electrons. The molecule has 1 aliphatic heterocycles. The van der Waals surface area contributed by atoms with E-state index in [-0.39, 0.29) is 5.91 Å². The molecule has 0 radical (unpaired) electrons. The van der Waals surface area contributed by atoms with Gasteiger partial charge in [-0.3, -0.25) is 9.69 Å². The molecule has 6 heteroatoms. The van der Waals surface area contributed by atoms with E-state index in [1.807, 2.05) is 66.7 Å². The standard InChI is InChI=1S/C21H14INO2S2/c22-17-8-6-16(7-9-17)18-10-15(13-25-18)11-19-20(24)23(21(26)27-19)12-14-4-2-1-3-5-14/h1-11,13H,12H2. The van der Waals surface area contributed by atoms with Crippen LogP contribution in [0.2, 0.25) is 0 Å². The minimum atomic E-state index is -0.0640. The third-order valence-corrected chi connectivity index (χ3v) is 6.20. The number of carbonyl (C=O) groups excluding carboxylic acids is 1. The number of nitrogens with zero attached hydrogens (tertiary/aromatic N) is 1. The molecule has 0 unspecified atom stereocenters. The largest absolute Gasteiger partial charge is 0.464 e. The first kappa shape index (κ1) is 18.5. The molecule has 1 aliphatic rings. The Balaban J connectivity index is 1.53. The first-order valence-corrected chi connectivity index (χ1v) is 10.5. The zero-order chi connectivity index (χ0) is 18.8. The Morgan fingerprint density at radius 1 is 1.11 bits per heavy atom. The normalized spacial score (nSPS) is 15.7. The second-order valence-corrected chi connectivity index (χ2v) is 8.93. The van der Waals surface area contributed by atoms with Gasteiger partial charge in [-0.15, -0.1) is 0 Å². The van der Waals surface area contributed by atoms with E-state index >= 15 is 0 Å². The third kappa shape index (κ3) is 4.17. The average Bonchev–Trinajstić information content (AvgIpc) is 3.24. The first-order chi connectivity index (χ1) is 13.1. The van der Waals surface area contributed by atoms with Gasteiger partial charge >= 0.3 is 0 Å². The predicted molar refractivity (Wildman–Crippen MR) is 122 cm³/mol. The van der Waals surface area contributed by atoms with Crippen molar-refractivity contribution in [3.8, 4) is 11.3 Å². The highest BCUT2D eigenvalue weighted by atomic mass is 127. The monoisotopic (exact) mass is 503 g/mol. The predicted octanol–water partition coefficient (Wildman–Crippen LogP) is 5.95. The van der Waals surface area contributed by atoms with Crippen molar-refractivity contribution in [1.29, 1.82) is 0 Å². The maximum absolute atomic E-state index is 12.8. The van der Waals surface area contributed by atoms with E-state index in [1.165, 1.54) is 15.3 Å². The Morgan fingerprint density at radius 2 is 1.85 bits per heavy atom. The molecule has 0 saturated carbocycles. The van der Waals surface area contributed by atoms with Gasteiger partial charge in [-0.25, -0.2) is 0 Å². The highest BCUT2D eigenvalue weighted by Crippen LogP contribution is 2.34. The second kappa shape index (κ2) is 8.00. The van der Waals surface area contributed by atoms with Gasteiger partial charge in [-0.05, 0) is 52.4 Å². The summed E-state index contributed by atoms with van der Waals surface area (Å²) in [7, 11) is 0. The fraction of sp³-hybridized carbons (Fsp3) is 0.0476. The third-order valence-electron chi connectivity index (χ3n) is 4.10. The lowest BCUT2D eigenvalue weighted by Crippen LogP contribution is -2.27. The smallest absolute Gasteiger partial charge is 0.266 e. The van der Waals surface area contributed by atoms with Gasteiger partial charge in [-0.1, -0.05) is 66.4 Å². The number of halogens is 1. The fourth-order valence-electron chi connectivity index (χ4n) is 2.75. The zero-order valence-corrected chi connectivity index (χ0v) is 17.9. The topological polar surface area (TPSA) is 33.5 Å². The molecule has 27 heavy (non-hydrogen) atoms. The van der Waals surface area contributed by atoms with Crippen molar-refractivity contribution in [1.82, 2.24) is 4.90 Å². The van der Waals surface area contributed by atoms with Gasteiger partial charge in [0.15, 0.2) is 0 Å². The molecule has 0 aliphatic carbocycles. The Morgan fingerprint density at radius 3 is 2.59 bits per heavy atom. The lowest BCUT2D eigenvalue weighted by molar-refractivity contribution is -0.122. The number of hydrogen-bond acceptors (Lipinski definition) is 4. The summed E-state index contributed by atoms with van der Waals surface area (Å²) in [6, 6.07) is 19.9. The van der Waals surface area contributed by atoms with E-state index < -0.39 is 0 Å². The molecule has 0 N–H and O–H groups in total. The minimum Gasteiger partial charge on any atom is -0.464 e. The maximum atomic E-state index is 12.8.